The first-order valence-electron chi connectivity index (χ1n) is 5.24. The quantitative estimate of drug-likeness (QED) is 0.766. The van der Waals surface area contributed by atoms with Gasteiger partial charge in [-0.2, -0.15) is 0 Å². The molecule has 0 saturated heterocycles. The fraction of sp³-hybridized carbons (Fsp3) is 0.0714. The molecule has 0 saturated carbocycles. The van der Waals surface area contributed by atoms with E-state index >= 15 is 0 Å². The van der Waals surface area contributed by atoms with Gasteiger partial charge in [-0.25, -0.2) is 0 Å². The van der Waals surface area contributed by atoms with Gasteiger partial charge in [-0.15, -0.1) is 0 Å². The minimum absolute atomic E-state index is 0.351. The van der Waals surface area contributed by atoms with E-state index in [2.05, 4.69) is 0 Å². The molecule has 0 aliphatic rings. The zero-order valence-corrected chi connectivity index (χ0v) is 9.85. The van der Waals surface area contributed by atoms with Crippen LogP contribution in [0, 0.1) is 0 Å². The van der Waals surface area contributed by atoms with Gasteiger partial charge in [0.25, 0.3) is 0 Å². The lowest BCUT2D eigenvalue weighted by Crippen LogP contribution is -1.92. The molecule has 0 heterocycles. The third kappa shape index (κ3) is 3.08. The molecule has 0 radical (unpaired) electrons. The third-order valence-corrected chi connectivity index (χ3v) is 2.57. The normalized spacial score (nSPS) is 9.94. The molecule has 0 N–H and O–H groups in total. The Balaban J connectivity index is 2.23. The number of benzene rings is 2. The number of aldehydes is 1. The molecular formula is C14H11ClO2. The van der Waals surface area contributed by atoms with Gasteiger partial charge in [-0.3, -0.25) is 0 Å². The number of hydrogen-bond acceptors (Lipinski definition) is 2. The van der Waals surface area contributed by atoms with Crippen molar-refractivity contribution >= 4 is 17.9 Å². The molecule has 2 aromatic rings. The molecule has 17 heavy (non-hydrogen) atoms. The van der Waals surface area contributed by atoms with E-state index in [0.717, 1.165) is 11.8 Å². The van der Waals surface area contributed by atoms with Crippen LogP contribution in [-0.4, -0.2) is 6.29 Å². The maximum absolute atomic E-state index is 10.6. The van der Waals surface area contributed by atoms with Crippen LogP contribution in [0.1, 0.15) is 5.56 Å². The zero-order valence-electron chi connectivity index (χ0n) is 9.10. The number of carbonyl (C=O) groups is 1. The number of para-hydroxylation sites is 1. The van der Waals surface area contributed by atoms with Crippen molar-refractivity contribution in [2.24, 2.45) is 0 Å². The molecule has 0 aromatic heterocycles. The highest BCUT2D eigenvalue weighted by Gasteiger charge is 2.03. The summed E-state index contributed by atoms with van der Waals surface area (Å²) in [6.45, 7) is 0. The topological polar surface area (TPSA) is 26.3 Å². The van der Waals surface area contributed by atoms with Crippen molar-refractivity contribution in [3.8, 4) is 11.5 Å². The number of halogens is 1. The minimum atomic E-state index is 0.351. The Bertz CT molecular complexity index is 506. The monoisotopic (exact) mass is 246 g/mol. The molecule has 2 aromatic carbocycles. The van der Waals surface area contributed by atoms with Crippen LogP contribution in [-0.2, 0) is 11.2 Å². The van der Waals surface area contributed by atoms with E-state index in [4.69, 9.17) is 16.3 Å². The molecule has 3 heteroatoms. The van der Waals surface area contributed by atoms with Crippen LogP contribution >= 0.6 is 11.6 Å². The Morgan fingerprint density at radius 3 is 2.47 bits per heavy atom. The summed E-state index contributed by atoms with van der Waals surface area (Å²) in [5, 5.41) is 0.665. The summed E-state index contributed by atoms with van der Waals surface area (Å²) in [5.74, 6) is 1.40. The second kappa shape index (κ2) is 5.51. The van der Waals surface area contributed by atoms with Crippen LogP contribution in [0.4, 0.5) is 0 Å². The molecular weight excluding hydrogens is 236 g/mol. The minimum Gasteiger partial charge on any atom is -0.457 e. The van der Waals surface area contributed by atoms with E-state index in [-0.39, 0.29) is 0 Å². The van der Waals surface area contributed by atoms with Crippen LogP contribution in [0.5, 0.6) is 11.5 Å². The van der Waals surface area contributed by atoms with Gasteiger partial charge in [0.1, 0.15) is 17.8 Å². The van der Waals surface area contributed by atoms with E-state index in [9.17, 15) is 4.79 Å². The number of hydrogen-bond donors (Lipinski definition) is 0. The lowest BCUT2D eigenvalue weighted by molar-refractivity contribution is -0.107. The summed E-state index contributed by atoms with van der Waals surface area (Å²) < 4.78 is 5.70. The molecule has 0 fully saturated rings. The molecule has 0 spiro atoms. The smallest absolute Gasteiger partial charge is 0.131 e. The zero-order chi connectivity index (χ0) is 12.1. The summed E-state index contributed by atoms with van der Waals surface area (Å²) in [6.07, 6.45) is 1.22. The predicted octanol–water partition coefficient (Wildman–Crippen LogP) is 3.87. The Hall–Kier alpha value is -1.80. The highest BCUT2D eigenvalue weighted by Crippen LogP contribution is 2.26. The number of rotatable bonds is 4. The van der Waals surface area contributed by atoms with Crippen LogP contribution in [0.3, 0.4) is 0 Å². The number of ether oxygens (including phenoxy) is 1. The van der Waals surface area contributed by atoms with Crippen molar-refractivity contribution in [1.29, 1.82) is 0 Å². The fourth-order valence-corrected chi connectivity index (χ4v) is 1.62. The first kappa shape index (κ1) is 11.7. The van der Waals surface area contributed by atoms with Gasteiger partial charge in [0, 0.05) is 17.0 Å². The SMILES string of the molecule is O=CCc1ccccc1Oc1ccc(Cl)cc1. The summed E-state index contributed by atoms with van der Waals surface area (Å²) in [4.78, 5) is 10.6. The molecule has 0 amide bonds. The molecule has 2 rings (SSSR count). The summed E-state index contributed by atoms with van der Waals surface area (Å²) in [5.41, 5.74) is 0.873. The molecule has 0 aliphatic heterocycles. The second-order valence-electron chi connectivity index (χ2n) is 3.53. The van der Waals surface area contributed by atoms with Gasteiger partial charge in [-0.1, -0.05) is 29.8 Å². The van der Waals surface area contributed by atoms with Crippen molar-refractivity contribution in [1.82, 2.24) is 0 Å². The van der Waals surface area contributed by atoms with Gasteiger partial charge < -0.3 is 9.53 Å². The molecule has 0 bridgehead atoms. The van der Waals surface area contributed by atoms with Crippen LogP contribution < -0.4 is 4.74 Å². The van der Waals surface area contributed by atoms with Crippen molar-refractivity contribution in [3.63, 3.8) is 0 Å². The van der Waals surface area contributed by atoms with Crippen LogP contribution in [0.15, 0.2) is 48.5 Å². The van der Waals surface area contributed by atoms with E-state index in [0.29, 0.717) is 22.9 Å². The Morgan fingerprint density at radius 1 is 1.06 bits per heavy atom. The number of carbonyl (C=O) groups excluding carboxylic acids is 1. The van der Waals surface area contributed by atoms with Crippen molar-refractivity contribution in [2.45, 2.75) is 6.42 Å². The summed E-state index contributed by atoms with van der Waals surface area (Å²) in [7, 11) is 0. The summed E-state index contributed by atoms with van der Waals surface area (Å²) >= 11 is 5.79. The van der Waals surface area contributed by atoms with Crippen LogP contribution in [0.2, 0.25) is 5.02 Å². The second-order valence-corrected chi connectivity index (χ2v) is 3.97. The van der Waals surface area contributed by atoms with E-state index in [1.54, 1.807) is 24.3 Å². The molecule has 0 aliphatic carbocycles. The van der Waals surface area contributed by atoms with Gasteiger partial charge >= 0.3 is 0 Å². The standard InChI is InChI=1S/C14H11ClO2/c15-12-5-7-13(8-6-12)17-14-4-2-1-3-11(14)9-10-16/h1-8,10H,9H2. The maximum Gasteiger partial charge on any atom is 0.131 e. The van der Waals surface area contributed by atoms with Crippen molar-refractivity contribution in [2.75, 3.05) is 0 Å². The largest absolute Gasteiger partial charge is 0.457 e. The highest BCUT2D eigenvalue weighted by molar-refractivity contribution is 6.30. The maximum atomic E-state index is 10.6. The Kier molecular flexibility index (Phi) is 3.78. The first-order chi connectivity index (χ1) is 8.29. The summed E-state index contributed by atoms with van der Waals surface area (Å²) in [6, 6.07) is 14.6. The van der Waals surface area contributed by atoms with E-state index in [1.807, 2.05) is 24.3 Å². The molecule has 86 valence electrons. The van der Waals surface area contributed by atoms with Gasteiger partial charge in [-0.05, 0) is 30.3 Å². The predicted molar refractivity (Wildman–Crippen MR) is 67.7 cm³/mol. The van der Waals surface area contributed by atoms with Gasteiger partial charge in [0.05, 0.1) is 0 Å². The van der Waals surface area contributed by atoms with Crippen molar-refractivity contribution < 1.29 is 9.53 Å². The highest BCUT2D eigenvalue weighted by atomic mass is 35.5. The Morgan fingerprint density at radius 2 is 1.76 bits per heavy atom. The molecule has 0 atom stereocenters. The first-order valence-corrected chi connectivity index (χ1v) is 5.62. The Labute approximate surface area is 105 Å². The van der Waals surface area contributed by atoms with Crippen LogP contribution in [0.25, 0.3) is 0 Å². The van der Waals surface area contributed by atoms with Gasteiger partial charge in [0.2, 0.25) is 0 Å². The fourth-order valence-electron chi connectivity index (χ4n) is 1.49. The lowest BCUT2D eigenvalue weighted by Gasteiger charge is -2.09. The third-order valence-electron chi connectivity index (χ3n) is 2.32. The average molecular weight is 247 g/mol. The van der Waals surface area contributed by atoms with Gasteiger partial charge in [0.15, 0.2) is 0 Å². The molecule has 0 unspecified atom stereocenters. The van der Waals surface area contributed by atoms with E-state index < -0.39 is 0 Å². The average Bonchev–Trinajstić information content (AvgIpc) is 2.35. The van der Waals surface area contributed by atoms with E-state index in [1.165, 1.54) is 0 Å². The lowest BCUT2D eigenvalue weighted by atomic mass is 10.1. The van der Waals surface area contributed by atoms with Crippen molar-refractivity contribution in [3.05, 3.63) is 59.1 Å². The molecule has 2 nitrogen and oxygen atoms in total.